The molecule has 0 saturated carbocycles. The molecule has 0 bridgehead atoms. The van der Waals surface area contributed by atoms with E-state index >= 15 is 0 Å². The van der Waals surface area contributed by atoms with Gasteiger partial charge in [-0.3, -0.25) is 0 Å². The van der Waals surface area contributed by atoms with Crippen LogP contribution in [0.4, 0.5) is 0 Å². The minimum absolute atomic E-state index is 0. The Labute approximate surface area is 110 Å². The van der Waals surface area contributed by atoms with E-state index in [1.54, 1.807) is 0 Å². The van der Waals surface area contributed by atoms with Crippen molar-refractivity contribution in [1.82, 2.24) is 0 Å². The van der Waals surface area contributed by atoms with Gasteiger partial charge in [-0.1, -0.05) is 0 Å². The van der Waals surface area contributed by atoms with E-state index in [-0.39, 0.29) is 56.9 Å². The second kappa shape index (κ2) is 9.37. The van der Waals surface area contributed by atoms with Gasteiger partial charge in [-0.25, -0.2) is 0 Å². The fraction of sp³-hybridized carbons (Fsp3) is 0. The zero-order valence-electron chi connectivity index (χ0n) is 5.66. The molecule has 0 aliphatic rings. The van der Waals surface area contributed by atoms with Gasteiger partial charge in [0.25, 0.3) is 0 Å². The molecule has 72 valence electrons. The first-order valence-corrected chi connectivity index (χ1v) is 4.38. The zero-order chi connectivity index (χ0) is 9.00. The monoisotopic (exact) mass is 247 g/mol. The molecule has 0 fully saturated rings. The van der Waals surface area contributed by atoms with Crippen LogP contribution in [0.5, 0.6) is 0 Å². The minimum atomic E-state index is -5.39. The van der Waals surface area contributed by atoms with Gasteiger partial charge in [0, 0.05) is 0 Å². The molecular formula is H2KO9P2-5. The van der Waals surface area contributed by atoms with E-state index in [2.05, 4.69) is 0 Å². The predicted octanol–water partition coefficient (Wildman–Crippen LogP) is -9.47. The van der Waals surface area contributed by atoms with Gasteiger partial charge in [0.2, 0.25) is 0 Å². The molecule has 0 aromatic heterocycles. The van der Waals surface area contributed by atoms with E-state index < -0.39 is 15.6 Å². The molecule has 0 aromatic carbocycles. The summed E-state index contributed by atoms with van der Waals surface area (Å²) in [6.45, 7) is 0. The molecular weight excluding hydrogens is 245 g/mol. The summed E-state index contributed by atoms with van der Waals surface area (Å²) in [5.74, 6) is 0. The van der Waals surface area contributed by atoms with E-state index in [1.807, 2.05) is 0 Å². The van der Waals surface area contributed by atoms with Crippen LogP contribution in [0.25, 0.3) is 0 Å². The Morgan fingerprint density at radius 1 is 0.667 bits per heavy atom. The summed E-state index contributed by atoms with van der Waals surface area (Å²) in [5, 5.41) is 0. The van der Waals surface area contributed by atoms with Crippen LogP contribution in [0.1, 0.15) is 0 Å². The first-order chi connectivity index (χ1) is 4.00. The van der Waals surface area contributed by atoms with Crippen molar-refractivity contribution in [2.75, 3.05) is 0 Å². The molecule has 2 N–H and O–H groups in total. The van der Waals surface area contributed by atoms with E-state index in [1.165, 1.54) is 0 Å². The van der Waals surface area contributed by atoms with Gasteiger partial charge in [-0.15, -0.1) is 0 Å². The van der Waals surface area contributed by atoms with Crippen molar-refractivity contribution in [1.29, 1.82) is 0 Å². The summed E-state index contributed by atoms with van der Waals surface area (Å²) >= 11 is 0. The zero-order valence-corrected chi connectivity index (χ0v) is 10.6. The first-order valence-electron chi connectivity index (χ1n) is 1.46. The quantitative estimate of drug-likeness (QED) is 0.296. The predicted molar refractivity (Wildman–Crippen MR) is 18.8 cm³/mol. The maximum absolute atomic E-state index is 8.55. The Morgan fingerprint density at radius 3 is 0.667 bits per heavy atom. The van der Waals surface area contributed by atoms with E-state index in [0.717, 1.165) is 0 Å². The number of hydrogen-bond donors (Lipinski definition) is 0. The van der Waals surface area contributed by atoms with Crippen molar-refractivity contribution in [3.63, 3.8) is 0 Å². The third-order valence-electron chi connectivity index (χ3n) is 0. The van der Waals surface area contributed by atoms with E-state index in [4.69, 9.17) is 38.5 Å². The topological polar surface area (TPSA) is 204 Å². The van der Waals surface area contributed by atoms with Crippen molar-refractivity contribution in [2.45, 2.75) is 0 Å². The van der Waals surface area contributed by atoms with Crippen molar-refractivity contribution < 1.29 is 95.4 Å². The van der Waals surface area contributed by atoms with Crippen molar-refractivity contribution >= 4 is 15.6 Å². The Kier molecular flexibility index (Phi) is 18.4. The number of rotatable bonds is 0. The van der Waals surface area contributed by atoms with Gasteiger partial charge in [0.05, 0.1) is 0 Å². The molecule has 0 aliphatic heterocycles. The fourth-order valence-corrected chi connectivity index (χ4v) is 0. The number of phosphoric acid groups is 2. The number of hydrogen-bond acceptors (Lipinski definition) is 8. The van der Waals surface area contributed by atoms with Crippen LogP contribution in [0.15, 0.2) is 0 Å². The minimum Gasteiger partial charge on any atom is -0.822 e. The van der Waals surface area contributed by atoms with Gasteiger partial charge in [-0.05, 0) is 0 Å². The Morgan fingerprint density at radius 2 is 0.667 bits per heavy atom. The maximum Gasteiger partial charge on any atom is 1.00 e. The summed E-state index contributed by atoms with van der Waals surface area (Å²) in [7, 11) is -10.8. The maximum atomic E-state index is 8.55. The Hall–Kier alpha value is 1.82. The second-order valence-corrected chi connectivity index (χ2v) is 2.68. The van der Waals surface area contributed by atoms with Crippen LogP contribution in [-0.4, -0.2) is 5.48 Å². The van der Waals surface area contributed by atoms with E-state index in [9.17, 15) is 0 Å². The molecule has 0 radical (unpaired) electrons. The molecule has 0 aliphatic carbocycles. The Balaban J connectivity index is -0.0000000457. The molecule has 0 unspecified atom stereocenters. The smallest absolute Gasteiger partial charge is 0.822 e. The largest absolute Gasteiger partial charge is 1.00 e. The molecule has 0 heterocycles. The van der Waals surface area contributed by atoms with Gasteiger partial charge in [0.1, 0.15) is 0 Å². The van der Waals surface area contributed by atoms with Gasteiger partial charge >= 0.3 is 51.4 Å². The Bertz CT molecular complexity index is 125. The third kappa shape index (κ3) is 419. The first kappa shape index (κ1) is 23.6. The molecule has 0 spiro atoms. The summed E-state index contributed by atoms with van der Waals surface area (Å²) in [4.78, 5) is 51.3. The molecule has 0 aromatic rings. The molecule has 0 amide bonds. The van der Waals surface area contributed by atoms with Gasteiger partial charge < -0.3 is 44.0 Å². The average molecular weight is 247 g/mol. The molecule has 0 rings (SSSR count). The van der Waals surface area contributed by atoms with Gasteiger partial charge in [0.15, 0.2) is 0 Å². The van der Waals surface area contributed by atoms with Crippen molar-refractivity contribution in [3.05, 3.63) is 0 Å². The molecule has 9 nitrogen and oxygen atoms in total. The van der Waals surface area contributed by atoms with Crippen LogP contribution in [-0.2, 0) is 9.13 Å². The SMILES string of the molecule is O.O=P([O-])([O-])[O-].O=P([O-])([O-])[O-].[K+]. The van der Waals surface area contributed by atoms with Crippen LogP contribution >= 0.6 is 15.6 Å². The van der Waals surface area contributed by atoms with E-state index in [0.29, 0.717) is 0 Å². The molecule has 12 heteroatoms. The second-order valence-electron chi connectivity index (χ2n) is 0.894. The summed E-state index contributed by atoms with van der Waals surface area (Å²) in [6, 6.07) is 0. The third-order valence-corrected chi connectivity index (χ3v) is 0. The molecule has 0 atom stereocenters. The van der Waals surface area contributed by atoms with Crippen LogP contribution in [0.2, 0.25) is 0 Å². The normalized spacial score (nSPS) is 9.83. The summed E-state index contributed by atoms with van der Waals surface area (Å²) in [6.07, 6.45) is 0. The fourth-order valence-electron chi connectivity index (χ4n) is 0. The van der Waals surface area contributed by atoms with Crippen LogP contribution in [0, 0.1) is 0 Å². The average Bonchev–Trinajstić information content (AvgIpc) is 1.12. The van der Waals surface area contributed by atoms with Gasteiger partial charge in [-0.2, -0.15) is 15.6 Å². The molecule has 12 heavy (non-hydrogen) atoms. The summed E-state index contributed by atoms with van der Waals surface area (Å²) < 4.78 is 17.1. The van der Waals surface area contributed by atoms with Crippen molar-refractivity contribution in [2.24, 2.45) is 0 Å². The van der Waals surface area contributed by atoms with Crippen molar-refractivity contribution in [3.8, 4) is 0 Å². The summed E-state index contributed by atoms with van der Waals surface area (Å²) in [5.41, 5.74) is 0. The molecule has 0 saturated heterocycles. The van der Waals surface area contributed by atoms with Crippen LogP contribution in [0.3, 0.4) is 0 Å². The standard InChI is InChI=1S/K.2H3O4P.H2O/c;2*1-5(2,3)4;/h;2*(H3,1,2,3,4);1H2/q+1;;;/p-6. The van der Waals surface area contributed by atoms with Crippen LogP contribution < -0.4 is 80.7 Å².